The van der Waals surface area contributed by atoms with E-state index in [0.29, 0.717) is 0 Å². The third-order valence-corrected chi connectivity index (χ3v) is 8.11. The molecule has 5 rings (SSSR count). The van der Waals surface area contributed by atoms with Crippen molar-refractivity contribution in [2.45, 2.75) is 24.3 Å². The Kier molecular flexibility index (Phi) is 6.54. The van der Waals surface area contributed by atoms with Crippen LogP contribution in [0.3, 0.4) is 0 Å². The SMILES string of the molecule is CC(C)(O)c1cc(-c2cccc(/C=C(/c3ccc(S(C)(=O)=O)cc3)c3nccs3)c2)c2ncccc2c1. The van der Waals surface area contributed by atoms with Crippen molar-refractivity contribution in [1.29, 1.82) is 0 Å². The van der Waals surface area contributed by atoms with Crippen LogP contribution in [-0.2, 0) is 15.4 Å². The van der Waals surface area contributed by atoms with E-state index in [1.165, 1.54) is 17.6 Å². The average molecular weight is 527 g/mol. The summed E-state index contributed by atoms with van der Waals surface area (Å²) in [5, 5.41) is 14.4. The molecule has 37 heavy (non-hydrogen) atoms. The van der Waals surface area contributed by atoms with Crippen molar-refractivity contribution in [1.82, 2.24) is 9.97 Å². The largest absolute Gasteiger partial charge is 0.386 e. The van der Waals surface area contributed by atoms with Crippen molar-refractivity contribution in [3.8, 4) is 11.1 Å². The number of fused-ring (bicyclic) bond motifs is 1. The molecule has 2 aromatic heterocycles. The van der Waals surface area contributed by atoms with Gasteiger partial charge < -0.3 is 5.11 Å². The Morgan fingerprint density at radius 2 is 1.73 bits per heavy atom. The Morgan fingerprint density at radius 3 is 2.41 bits per heavy atom. The zero-order valence-corrected chi connectivity index (χ0v) is 22.3. The monoisotopic (exact) mass is 526 g/mol. The van der Waals surface area contributed by atoms with Crippen LogP contribution in [0.1, 0.15) is 35.5 Å². The van der Waals surface area contributed by atoms with Crippen LogP contribution in [-0.4, -0.2) is 29.7 Å². The Labute approximate surface area is 220 Å². The van der Waals surface area contributed by atoms with Crippen LogP contribution >= 0.6 is 11.3 Å². The molecule has 2 heterocycles. The van der Waals surface area contributed by atoms with Crippen molar-refractivity contribution in [2.24, 2.45) is 0 Å². The second kappa shape index (κ2) is 9.67. The van der Waals surface area contributed by atoms with E-state index in [9.17, 15) is 13.5 Å². The van der Waals surface area contributed by atoms with Gasteiger partial charge in [-0.1, -0.05) is 36.4 Å². The molecule has 0 atom stereocenters. The third kappa shape index (κ3) is 5.39. The molecule has 0 unspecified atom stereocenters. The first-order chi connectivity index (χ1) is 17.6. The Bertz CT molecular complexity index is 1720. The molecule has 0 fully saturated rings. The number of hydrogen-bond acceptors (Lipinski definition) is 6. The van der Waals surface area contributed by atoms with Crippen LogP contribution < -0.4 is 0 Å². The summed E-state index contributed by atoms with van der Waals surface area (Å²) >= 11 is 1.53. The third-order valence-electron chi connectivity index (χ3n) is 6.18. The normalized spacial score (nSPS) is 12.7. The lowest BCUT2D eigenvalue weighted by molar-refractivity contribution is 0.0788. The van der Waals surface area contributed by atoms with E-state index in [0.717, 1.165) is 49.3 Å². The van der Waals surface area contributed by atoms with Crippen LogP contribution in [0.15, 0.2) is 95.5 Å². The van der Waals surface area contributed by atoms with Gasteiger partial charge >= 0.3 is 0 Å². The lowest BCUT2D eigenvalue weighted by Crippen LogP contribution is -2.15. The molecule has 186 valence electrons. The molecule has 7 heteroatoms. The second-order valence-electron chi connectivity index (χ2n) is 9.48. The second-order valence-corrected chi connectivity index (χ2v) is 12.4. The predicted molar refractivity (Wildman–Crippen MR) is 151 cm³/mol. The van der Waals surface area contributed by atoms with Gasteiger partial charge in [-0.15, -0.1) is 11.3 Å². The van der Waals surface area contributed by atoms with Crippen LogP contribution in [0.25, 0.3) is 33.7 Å². The molecule has 3 aromatic carbocycles. The van der Waals surface area contributed by atoms with E-state index in [4.69, 9.17) is 0 Å². The van der Waals surface area contributed by atoms with E-state index in [2.05, 4.69) is 22.1 Å². The number of sulfone groups is 1. The lowest BCUT2D eigenvalue weighted by Gasteiger charge is -2.20. The highest BCUT2D eigenvalue weighted by molar-refractivity contribution is 7.90. The Hall–Kier alpha value is -3.65. The molecule has 0 saturated carbocycles. The summed E-state index contributed by atoms with van der Waals surface area (Å²) in [7, 11) is -3.28. The van der Waals surface area contributed by atoms with E-state index in [-0.39, 0.29) is 4.90 Å². The molecule has 0 amide bonds. The van der Waals surface area contributed by atoms with Gasteiger partial charge in [-0.3, -0.25) is 4.98 Å². The Morgan fingerprint density at radius 1 is 0.946 bits per heavy atom. The van der Waals surface area contributed by atoms with Gasteiger partial charge in [-0.25, -0.2) is 13.4 Å². The smallest absolute Gasteiger partial charge is 0.175 e. The molecule has 0 spiro atoms. The van der Waals surface area contributed by atoms with Crippen molar-refractivity contribution < 1.29 is 13.5 Å². The fourth-order valence-electron chi connectivity index (χ4n) is 4.23. The van der Waals surface area contributed by atoms with Crippen LogP contribution in [0.2, 0.25) is 0 Å². The van der Waals surface area contributed by atoms with E-state index >= 15 is 0 Å². The highest BCUT2D eigenvalue weighted by atomic mass is 32.2. The topological polar surface area (TPSA) is 80.1 Å². The summed E-state index contributed by atoms with van der Waals surface area (Å²) in [6, 6.07) is 22.9. The maximum absolute atomic E-state index is 11.9. The molecule has 0 aliphatic rings. The number of hydrogen-bond donors (Lipinski definition) is 1. The van der Waals surface area contributed by atoms with Crippen molar-refractivity contribution >= 4 is 43.7 Å². The van der Waals surface area contributed by atoms with Crippen LogP contribution in [0, 0.1) is 0 Å². The molecule has 5 aromatic rings. The predicted octanol–water partition coefficient (Wildman–Crippen LogP) is 6.58. The molecule has 5 nitrogen and oxygen atoms in total. The van der Waals surface area contributed by atoms with Crippen molar-refractivity contribution in [3.05, 3.63) is 112 Å². The standard InChI is InChI=1S/C30H26N2O3S2/c1-30(2,33)24-18-23-8-5-13-31-28(23)26(19-24)22-7-4-6-20(16-22)17-27(29-32-14-15-36-29)21-9-11-25(12-10-21)37(3,34)35/h4-19,33H,1-3H3/b27-17-. The first-order valence-corrected chi connectivity index (χ1v) is 14.5. The Balaban J connectivity index is 1.64. The van der Waals surface area contributed by atoms with Gasteiger partial charge in [0.15, 0.2) is 9.84 Å². The van der Waals surface area contributed by atoms with Crippen LogP contribution in [0.4, 0.5) is 0 Å². The summed E-state index contributed by atoms with van der Waals surface area (Å²) in [4.78, 5) is 9.43. The molecule has 0 aliphatic heterocycles. The van der Waals surface area contributed by atoms with Gasteiger partial charge in [0.05, 0.1) is 16.0 Å². The summed E-state index contributed by atoms with van der Waals surface area (Å²) in [6.45, 7) is 3.56. The number of nitrogens with zero attached hydrogens (tertiary/aromatic N) is 2. The summed E-state index contributed by atoms with van der Waals surface area (Å²) in [6.07, 6.45) is 6.80. The summed E-state index contributed by atoms with van der Waals surface area (Å²) in [5.74, 6) is 0. The summed E-state index contributed by atoms with van der Waals surface area (Å²) < 4.78 is 23.9. The minimum absolute atomic E-state index is 0.280. The quantitative estimate of drug-likeness (QED) is 0.253. The average Bonchev–Trinajstić information content (AvgIpc) is 3.40. The first-order valence-electron chi connectivity index (χ1n) is 11.7. The highest BCUT2D eigenvalue weighted by Crippen LogP contribution is 2.34. The van der Waals surface area contributed by atoms with Crippen molar-refractivity contribution in [2.75, 3.05) is 6.26 Å². The van der Waals surface area contributed by atoms with Gasteiger partial charge in [0, 0.05) is 40.6 Å². The molecule has 0 bridgehead atoms. The molecule has 0 aliphatic carbocycles. The summed E-state index contributed by atoms with van der Waals surface area (Å²) in [5.41, 5.74) is 5.36. The van der Waals surface area contributed by atoms with E-state index < -0.39 is 15.4 Å². The molecular formula is C30H26N2O3S2. The fourth-order valence-corrected chi connectivity index (χ4v) is 5.54. The van der Waals surface area contributed by atoms with Crippen LogP contribution in [0.5, 0.6) is 0 Å². The van der Waals surface area contributed by atoms with Gasteiger partial charge in [-0.05, 0) is 78.6 Å². The number of thiazole rings is 1. The van der Waals surface area contributed by atoms with Gasteiger partial charge in [0.1, 0.15) is 5.01 Å². The molecule has 1 N–H and O–H groups in total. The van der Waals surface area contributed by atoms with Crippen molar-refractivity contribution in [3.63, 3.8) is 0 Å². The number of aliphatic hydroxyl groups is 1. The minimum Gasteiger partial charge on any atom is -0.386 e. The molecule has 0 radical (unpaired) electrons. The fraction of sp³-hybridized carbons (Fsp3) is 0.133. The number of benzene rings is 3. The maximum Gasteiger partial charge on any atom is 0.175 e. The zero-order chi connectivity index (χ0) is 26.2. The molecular weight excluding hydrogens is 500 g/mol. The minimum atomic E-state index is -3.28. The lowest BCUT2D eigenvalue weighted by atomic mass is 9.91. The van der Waals surface area contributed by atoms with E-state index in [1.807, 2.05) is 60.0 Å². The van der Waals surface area contributed by atoms with Gasteiger partial charge in [-0.2, -0.15) is 0 Å². The highest BCUT2D eigenvalue weighted by Gasteiger charge is 2.19. The van der Waals surface area contributed by atoms with Gasteiger partial charge in [0.25, 0.3) is 0 Å². The maximum atomic E-state index is 11.9. The molecule has 0 saturated heterocycles. The van der Waals surface area contributed by atoms with E-state index in [1.54, 1.807) is 38.4 Å². The number of rotatable bonds is 6. The first kappa shape index (κ1) is 25.0. The number of pyridine rings is 1. The van der Waals surface area contributed by atoms with Gasteiger partial charge in [0.2, 0.25) is 0 Å². The zero-order valence-electron chi connectivity index (χ0n) is 20.7. The number of aromatic nitrogens is 2.